The maximum absolute atomic E-state index is 5.44. The summed E-state index contributed by atoms with van der Waals surface area (Å²) < 4.78 is 5.44. The predicted molar refractivity (Wildman–Crippen MR) is 82.9 cm³/mol. The highest BCUT2D eigenvalue weighted by Crippen LogP contribution is 2.25. The van der Waals surface area contributed by atoms with E-state index in [1.807, 2.05) is 48.5 Å². The number of fused-ring (bicyclic) bond motifs is 1. The average molecular weight is 258 g/mol. The van der Waals surface area contributed by atoms with E-state index in [2.05, 4.69) is 30.0 Å². The standard InChI is InChI=1S/C19H14O/c1-20-19-14-17-10-6-5-9-16(17)13-18(19)12-11-15-7-3-2-4-8-15/h2-10,13-14H,1H3. The molecule has 0 saturated heterocycles. The number of methoxy groups -OCH3 is 1. The van der Waals surface area contributed by atoms with Crippen molar-refractivity contribution in [2.45, 2.75) is 0 Å². The Bertz CT molecular complexity index is 792. The van der Waals surface area contributed by atoms with Crippen LogP contribution in [0.5, 0.6) is 5.75 Å². The van der Waals surface area contributed by atoms with E-state index in [9.17, 15) is 0 Å². The van der Waals surface area contributed by atoms with E-state index >= 15 is 0 Å². The van der Waals surface area contributed by atoms with E-state index < -0.39 is 0 Å². The van der Waals surface area contributed by atoms with E-state index in [0.29, 0.717) is 0 Å². The molecule has 0 atom stereocenters. The molecule has 0 fully saturated rings. The van der Waals surface area contributed by atoms with Gasteiger partial charge in [0, 0.05) is 5.56 Å². The predicted octanol–water partition coefficient (Wildman–Crippen LogP) is 4.25. The molecule has 1 nitrogen and oxygen atoms in total. The van der Waals surface area contributed by atoms with Crippen LogP contribution in [0, 0.1) is 11.8 Å². The minimum atomic E-state index is 0.812. The van der Waals surface area contributed by atoms with E-state index in [1.54, 1.807) is 7.11 Å². The highest BCUT2D eigenvalue weighted by Gasteiger charge is 2.02. The smallest absolute Gasteiger partial charge is 0.135 e. The lowest BCUT2D eigenvalue weighted by Gasteiger charge is -2.05. The molecule has 0 amide bonds. The molecule has 0 unspecified atom stereocenters. The minimum absolute atomic E-state index is 0.812. The number of benzene rings is 3. The summed E-state index contributed by atoms with van der Waals surface area (Å²) in [6, 6.07) is 22.3. The summed E-state index contributed by atoms with van der Waals surface area (Å²) in [5.74, 6) is 7.18. The maximum atomic E-state index is 5.44. The van der Waals surface area contributed by atoms with Crippen LogP contribution < -0.4 is 4.74 Å². The Morgan fingerprint density at radius 2 is 1.40 bits per heavy atom. The van der Waals surface area contributed by atoms with E-state index in [0.717, 1.165) is 22.3 Å². The van der Waals surface area contributed by atoms with Gasteiger partial charge in [-0.25, -0.2) is 0 Å². The second kappa shape index (κ2) is 5.50. The summed E-state index contributed by atoms with van der Waals surface area (Å²) in [5.41, 5.74) is 1.91. The molecule has 0 heterocycles. The quantitative estimate of drug-likeness (QED) is 0.593. The number of hydrogen-bond donors (Lipinski definition) is 0. The molecule has 1 heteroatoms. The van der Waals surface area contributed by atoms with Gasteiger partial charge in [0.1, 0.15) is 5.75 Å². The molecule has 20 heavy (non-hydrogen) atoms. The van der Waals surface area contributed by atoms with E-state index in [-0.39, 0.29) is 0 Å². The normalized spacial score (nSPS) is 9.85. The van der Waals surface area contributed by atoms with Gasteiger partial charge in [-0.15, -0.1) is 0 Å². The Morgan fingerprint density at radius 3 is 2.10 bits per heavy atom. The van der Waals surface area contributed by atoms with Gasteiger partial charge in [-0.2, -0.15) is 0 Å². The molecule has 3 rings (SSSR count). The fourth-order valence-electron chi connectivity index (χ4n) is 2.15. The van der Waals surface area contributed by atoms with Gasteiger partial charge in [0.25, 0.3) is 0 Å². The third-order valence-electron chi connectivity index (χ3n) is 3.18. The van der Waals surface area contributed by atoms with Crippen LogP contribution >= 0.6 is 0 Å². The summed E-state index contributed by atoms with van der Waals surface area (Å²) >= 11 is 0. The van der Waals surface area contributed by atoms with Gasteiger partial charge in [-0.1, -0.05) is 54.3 Å². The van der Waals surface area contributed by atoms with Crippen molar-refractivity contribution in [3.05, 3.63) is 77.9 Å². The van der Waals surface area contributed by atoms with Gasteiger partial charge < -0.3 is 4.74 Å². The van der Waals surface area contributed by atoms with E-state index in [4.69, 9.17) is 4.74 Å². The van der Waals surface area contributed by atoms with Crippen LogP contribution in [0.1, 0.15) is 11.1 Å². The summed E-state index contributed by atoms with van der Waals surface area (Å²) in [5, 5.41) is 2.33. The summed E-state index contributed by atoms with van der Waals surface area (Å²) in [7, 11) is 1.68. The van der Waals surface area contributed by atoms with Crippen LogP contribution in [0.2, 0.25) is 0 Å². The second-order valence-electron chi connectivity index (χ2n) is 4.52. The van der Waals surface area contributed by atoms with Gasteiger partial charge >= 0.3 is 0 Å². The number of hydrogen-bond acceptors (Lipinski definition) is 1. The molecule has 0 N–H and O–H groups in total. The fraction of sp³-hybridized carbons (Fsp3) is 0.0526. The Hall–Kier alpha value is -2.72. The van der Waals surface area contributed by atoms with Crippen LogP contribution in [-0.4, -0.2) is 7.11 Å². The van der Waals surface area contributed by atoms with Crippen LogP contribution in [0.4, 0.5) is 0 Å². The van der Waals surface area contributed by atoms with Crippen molar-refractivity contribution >= 4 is 10.8 Å². The molecule has 3 aromatic carbocycles. The topological polar surface area (TPSA) is 9.23 Å². The van der Waals surface area contributed by atoms with Crippen molar-refractivity contribution in [3.63, 3.8) is 0 Å². The Labute approximate surface area is 118 Å². The first-order valence-electron chi connectivity index (χ1n) is 6.51. The Kier molecular flexibility index (Phi) is 3.39. The lowest BCUT2D eigenvalue weighted by molar-refractivity contribution is 0.414. The molecule has 0 aliphatic rings. The summed E-state index contributed by atoms with van der Waals surface area (Å²) in [6.07, 6.45) is 0. The number of ether oxygens (including phenoxy) is 1. The first-order chi connectivity index (χ1) is 9.86. The first kappa shape index (κ1) is 12.3. The van der Waals surface area contributed by atoms with Crippen molar-refractivity contribution < 1.29 is 4.74 Å². The first-order valence-corrected chi connectivity index (χ1v) is 6.51. The molecule has 0 aromatic heterocycles. The SMILES string of the molecule is COc1cc2ccccc2cc1C#Cc1ccccc1. The van der Waals surface area contributed by atoms with Crippen molar-refractivity contribution in [3.8, 4) is 17.6 Å². The van der Waals surface area contributed by atoms with Gasteiger partial charge in [0.05, 0.1) is 12.7 Å². The van der Waals surface area contributed by atoms with Crippen molar-refractivity contribution in [2.24, 2.45) is 0 Å². The summed E-state index contributed by atoms with van der Waals surface area (Å²) in [6.45, 7) is 0. The molecule has 0 bridgehead atoms. The van der Waals surface area contributed by atoms with Gasteiger partial charge in [-0.3, -0.25) is 0 Å². The van der Waals surface area contributed by atoms with Crippen molar-refractivity contribution in [1.29, 1.82) is 0 Å². The lowest BCUT2D eigenvalue weighted by atomic mass is 10.1. The molecule has 0 saturated carbocycles. The van der Waals surface area contributed by atoms with Gasteiger partial charge in [0.2, 0.25) is 0 Å². The monoisotopic (exact) mass is 258 g/mol. The van der Waals surface area contributed by atoms with Gasteiger partial charge in [-0.05, 0) is 35.0 Å². The Balaban J connectivity index is 2.09. The zero-order chi connectivity index (χ0) is 13.8. The van der Waals surface area contributed by atoms with Crippen LogP contribution in [0.3, 0.4) is 0 Å². The largest absolute Gasteiger partial charge is 0.495 e. The van der Waals surface area contributed by atoms with Crippen molar-refractivity contribution in [2.75, 3.05) is 7.11 Å². The summed E-state index contributed by atoms with van der Waals surface area (Å²) in [4.78, 5) is 0. The molecule has 96 valence electrons. The maximum Gasteiger partial charge on any atom is 0.135 e. The van der Waals surface area contributed by atoms with Crippen LogP contribution in [0.25, 0.3) is 10.8 Å². The fourth-order valence-corrected chi connectivity index (χ4v) is 2.15. The highest BCUT2D eigenvalue weighted by molar-refractivity contribution is 5.86. The number of rotatable bonds is 1. The van der Waals surface area contributed by atoms with Crippen LogP contribution in [-0.2, 0) is 0 Å². The molecular weight excluding hydrogens is 244 g/mol. The molecule has 0 radical (unpaired) electrons. The third kappa shape index (κ3) is 2.50. The average Bonchev–Trinajstić information content (AvgIpc) is 2.53. The van der Waals surface area contributed by atoms with Crippen molar-refractivity contribution in [1.82, 2.24) is 0 Å². The third-order valence-corrected chi connectivity index (χ3v) is 3.18. The molecule has 0 aliphatic heterocycles. The lowest BCUT2D eigenvalue weighted by Crippen LogP contribution is -1.88. The van der Waals surface area contributed by atoms with Crippen LogP contribution in [0.15, 0.2) is 66.7 Å². The molecule has 0 spiro atoms. The van der Waals surface area contributed by atoms with Gasteiger partial charge in [0.15, 0.2) is 0 Å². The minimum Gasteiger partial charge on any atom is -0.495 e. The zero-order valence-electron chi connectivity index (χ0n) is 11.3. The molecule has 3 aromatic rings. The van der Waals surface area contributed by atoms with E-state index in [1.165, 1.54) is 5.39 Å². The zero-order valence-corrected chi connectivity index (χ0v) is 11.3. The molecule has 0 aliphatic carbocycles. The molecular formula is C19H14O. The second-order valence-corrected chi connectivity index (χ2v) is 4.52. The highest BCUT2D eigenvalue weighted by atomic mass is 16.5. The Morgan fingerprint density at radius 1 is 0.750 bits per heavy atom.